The third-order valence-electron chi connectivity index (χ3n) is 15.9. The van der Waals surface area contributed by atoms with E-state index < -0.39 is 0 Å². The topological polar surface area (TPSA) is 9.86 Å². The SMILES string of the molecule is CCCCCCCCCCc1ccc(-n2c3ccccc3c3cc4c(-c5ccccc5)c5cc6c(cc5c(-c5ccccc5)c4cc32)c2ccccc2n6-c2ccc(CCCCCCCCCC)cc2)cc1. The Morgan fingerprint density at radius 3 is 0.986 bits per heavy atom. The standard InChI is InChI=1S/C70H72N2/c1-3-5-7-9-11-13-15-19-29-51-39-43-55(44-40-51)71-65-37-27-25-35-57(65)59-47-61-63(49-67(59)71)69(53-31-21-17-22-32-53)62-48-60-58-36-26-28-38-66(58)72(68(60)50-64(62)70(61)54-33-23-18-24-34-54)56-45-41-52(42-46-56)30-20-16-14-12-10-8-6-4-2/h17-18,21-28,31-50H,3-16,19-20,29-30H2,1-2H3. The Labute approximate surface area is 428 Å². The summed E-state index contributed by atoms with van der Waals surface area (Å²) in [4.78, 5) is 0. The summed E-state index contributed by atoms with van der Waals surface area (Å²) in [5.74, 6) is 0. The number of hydrogen-bond acceptors (Lipinski definition) is 0. The summed E-state index contributed by atoms with van der Waals surface area (Å²) < 4.78 is 5.03. The van der Waals surface area contributed by atoms with Gasteiger partial charge in [0, 0.05) is 32.9 Å². The van der Waals surface area contributed by atoms with E-state index in [1.807, 2.05) is 0 Å². The van der Waals surface area contributed by atoms with Crippen molar-refractivity contribution in [1.82, 2.24) is 9.13 Å². The van der Waals surface area contributed by atoms with Gasteiger partial charge in [0.05, 0.1) is 22.1 Å². The van der Waals surface area contributed by atoms with Gasteiger partial charge in [0.1, 0.15) is 0 Å². The van der Waals surface area contributed by atoms with Crippen LogP contribution in [-0.4, -0.2) is 9.13 Å². The van der Waals surface area contributed by atoms with Gasteiger partial charge in [-0.2, -0.15) is 0 Å². The van der Waals surface area contributed by atoms with Crippen LogP contribution in [0.15, 0.2) is 182 Å². The fourth-order valence-electron chi connectivity index (χ4n) is 12.1. The molecule has 2 heterocycles. The van der Waals surface area contributed by atoms with Gasteiger partial charge in [-0.3, -0.25) is 0 Å². The number of para-hydroxylation sites is 2. The molecule has 362 valence electrons. The molecule has 2 aromatic heterocycles. The summed E-state index contributed by atoms with van der Waals surface area (Å²) in [6.07, 6.45) is 23.8. The van der Waals surface area contributed by atoms with E-state index in [1.165, 1.54) is 213 Å². The van der Waals surface area contributed by atoms with Gasteiger partial charge in [-0.25, -0.2) is 0 Å². The third-order valence-corrected chi connectivity index (χ3v) is 15.9. The zero-order valence-corrected chi connectivity index (χ0v) is 42.9. The molecule has 0 radical (unpaired) electrons. The highest BCUT2D eigenvalue weighted by Gasteiger charge is 2.23. The monoisotopic (exact) mass is 941 g/mol. The van der Waals surface area contributed by atoms with Crippen LogP contribution in [0.3, 0.4) is 0 Å². The minimum absolute atomic E-state index is 1.14. The zero-order chi connectivity index (χ0) is 48.6. The lowest BCUT2D eigenvalue weighted by Gasteiger charge is -2.19. The molecule has 2 heteroatoms. The number of hydrogen-bond donors (Lipinski definition) is 0. The molecule has 0 saturated carbocycles. The third kappa shape index (κ3) is 9.61. The Morgan fingerprint density at radius 2 is 0.597 bits per heavy atom. The second-order valence-electron chi connectivity index (χ2n) is 20.8. The summed E-state index contributed by atoms with van der Waals surface area (Å²) >= 11 is 0. The molecule has 0 unspecified atom stereocenters. The fourth-order valence-corrected chi connectivity index (χ4v) is 12.1. The van der Waals surface area contributed by atoms with Gasteiger partial charge in [-0.1, -0.05) is 225 Å². The van der Waals surface area contributed by atoms with E-state index in [4.69, 9.17) is 0 Å². The van der Waals surface area contributed by atoms with Crippen molar-refractivity contribution in [2.45, 2.75) is 129 Å². The Morgan fingerprint density at radius 1 is 0.264 bits per heavy atom. The second kappa shape index (κ2) is 22.3. The summed E-state index contributed by atoms with van der Waals surface area (Å²) in [7, 11) is 0. The summed E-state index contributed by atoms with van der Waals surface area (Å²) in [5.41, 5.74) is 15.2. The van der Waals surface area contributed by atoms with Crippen molar-refractivity contribution in [3.8, 4) is 33.6 Å². The quantitative estimate of drug-likeness (QED) is 0.0473. The Kier molecular flexibility index (Phi) is 14.7. The lowest BCUT2D eigenvalue weighted by atomic mass is 9.84. The maximum atomic E-state index is 2.53. The van der Waals surface area contributed by atoms with Gasteiger partial charge >= 0.3 is 0 Å². The highest BCUT2D eigenvalue weighted by molar-refractivity contribution is 6.28. The molecule has 0 spiro atoms. The molecular weight excluding hydrogens is 869 g/mol. The maximum absolute atomic E-state index is 2.53. The number of nitrogens with zero attached hydrogens (tertiary/aromatic N) is 2. The van der Waals surface area contributed by atoms with Crippen molar-refractivity contribution in [1.29, 1.82) is 0 Å². The molecule has 2 nitrogen and oxygen atoms in total. The first kappa shape index (κ1) is 47.4. The van der Waals surface area contributed by atoms with Gasteiger partial charge in [0.2, 0.25) is 0 Å². The maximum Gasteiger partial charge on any atom is 0.0547 e. The lowest BCUT2D eigenvalue weighted by molar-refractivity contribution is 0.575. The molecule has 72 heavy (non-hydrogen) atoms. The molecule has 0 amide bonds. The molecule has 11 aromatic rings. The summed E-state index contributed by atoms with van der Waals surface area (Å²) in [6, 6.07) is 69.4. The van der Waals surface area contributed by atoms with Crippen molar-refractivity contribution in [2.24, 2.45) is 0 Å². The second-order valence-corrected chi connectivity index (χ2v) is 20.8. The van der Waals surface area contributed by atoms with Crippen LogP contribution in [0.1, 0.15) is 128 Å². The van der Waals surface area contributed by atoms with E-state index in [9.17, 15) is 0 Å². The first-order valence-electron chi connectivity index (χ1n) is 27.9. The number of benzene rings is 9. The lowest BCUT2D eigenvalue weighted by Crippen LogP contribution is -1.97. The average Bonchev–Trinajstić information content (AvgIpc) is 3.93. The van der Waals surface area contributed by atoms with Gasteiger partial charge in [-0.15, -0.1) is 0 Å². The Bertz CT molecular complexity index is 3330. The minimum Gasteiger partial charge on any atom is -0.309 e. The predicted molar refractivity (Wildman–Crippen MR) is 314 cm³/mol. The van der Waals surface area contributed by atoms with E-state index in [0.29, 0.717) is 0 Å². The van der Waals surface area contributed by atoms with E-state index in [1.54, 1.807) is 0 Å². The molecule has 0 aliphatic heterocycles. The number of rotatable bonds is 22. The van der Waals surface area contributed by atoms with Crippen LogP contribution in [-0.2, 0) is 12.8 Å². The number of aryl methyl sites for hydroxylation is 2. The smallest absolute Gasteiger partial charge is 0.0547 e. The van der Waals surface area contributed by atoms with Crippen molar-refractivity contribution < 1.29 is 0 Å². The van der Waals surface area contributed by atoms with Crippen LogP contribution in [0.25, 0.3) is 98.8 Å². The van der Waals surface area contributed by atoms with Crippen LogP contribution in [0, 0.1) is 0 Å². The normalized spacial score (nSPS) is 11.9. The molecule has 0 N–H and O–H groups in total. The minimum atomic E-state index is 1.14. The van der Waals surface area contributed by atoms with E-state index in [2.05, 4.69) is 205 Å². The van der Waals surface area contributed by atoms with Crippen LogP contribution in [0.5, 0.6) is 0 Å². The van der Waals surface area contributed by atoms with Gasteiger partial charge in [0.25, 0.3) is 0 Å². The molecule has 0 fully saturated rings. The highest BCUT2D eigenvalue weighted by Crippen LogP contribution is 2.49. The molecule has 0 saturated heterocycles. The molecule has 0 aliphatic carbocycles. The van der Waals surface area contributed by atoms with Gasteiger partial charge in [0.15, 0.2) is 0 Å². The predicted octanol–water partition coefficient (Wildman–Crippen LogP) is 20.9. The molecule has 9 aromatic carbocycles. The molecule has 0 aliphatic rings. The zero-order valence-electron chi connectivity index (χ0n) is 42.9. The number of aromatic nitrogens is 2. The van der Waals surface area contributed by atoms with Gasteiger partial charge < -0.3 is 9.13 Å². The van der Waals surface area contributed by atoms with Crippen molar-refractivity contribution in [3.63, 3.8) is 0 Å². The highest BCUT2D eigenvalue weighted by atomic mass is 15.0. The van der Waals surface area contributed by atoms with Crippen molar-refractivity contribution >= 4 is 65.2 Å². The average molecular weight is 941 g/mol. The summed E-state index contributed by atoms with van der Waals surface area (Å²) in [6.45, 7) is 4.60. The molecule has 0 bridgehead atoms. The summed E-state index contributed by atoms with van der Waals surface area (Å²) in [5, 5.41) is 10.2. The molecule has 11 rings (SSSR count). The van der Waals surface area contributed by atoms with E-state index in [-0.39, 0.29) is 0 Å². The molecule has 0 atom stereocenters. The van der Waals surface area contributed by atoms with Crippen molar-refractivity contribution in [3.05, 3.63) is 193 Å². The van der Waals surface area contributed by atoms with E-state index in [0.717, 1.165) is 12.8 Å². The van der Waals surface area contributed by atoms with Crippen LogP contribution in [0.2, 0.25) is 0 Å². The largest absolute Gasteiger partial charge is 0.309 e. The van der Waals surface area contributed by atoms with Crippen LogP contribution >= 0.6 is 0 Å². The van der Waals surface area contributed by atoms with Crippen LogP contribution in [0.4, 0.5) is 0 Å². The fraction of sp³-hybridized carbons (Fsp3) is 0.286. The molecular formula is C70H72N2. The first-order chi connectivity index (χ1) is 35.7. The Balaban J connectivity index is 1.06. The van der Waals surface area contributed by atoms with Crippen LogP contribution < -0.4 is 0 Å². The van der Waals surface area contributed by atoms with Crippen molar-refractivity contribution in [2.75, 3.05) is 0 Å². The number of fused-ring (bicyclic) bond motifs is 8. The van der Waals surface area contributed by atoms with Gasteiger partial charge in [-0.05, 0) is 141 Å². The number of unbranched alkanes of at least 4 members (excludes halogenated alkanes) is 14. The first-order valence-corrected chi connectivity index (χ1v) is 27.9. The van der Waals surface area contributed by atoms with E-state index >= 15 is 0 Å². The Hall–Kier alpha value is -6.90.